The molecule has 3 heteroatoms. The Bertz CT molecular complexity index is 4170. The Morgan fingerprint density at radius 1 is 0.329 bits per heavy atom. The van der Waals surface area contributed by atoms with Crippen molar-refractivity contribution >= 4 is 31.6 Å². The fourth-order valence-electron chi connectivity index (χ4n) is 11.6. The van der Waals surface area contributed by atoms with Gasteiger partial charge in [0.2, 0.25) is 0 Å². The van der Waals surface area contributed by atoms with Crippen LogP contribution in [0.5, 0.6) is 0 Å². The average molecular weight is 910 g/mol. The summed E-state index contributed by atoms with van der Waals surface area (Å²) < 4.78 is 11.2. The van der Waals surface area contributed by atoms with Gasteiger partial charge < -0.3 is 0 Å². The molecule has 0 bridgehead atoms. The van der Waals surface area contributed by atoms with E-state index >= 15 is 0 Å². The third-order valence-electron chi connectivity index (χ3n) is 14.6. The Morgan fingerprint density at radius 3 is 1.24 bits per heavy atom. The number of benzene rings is 9. The van der Waals surface area contributed by atoms with E-state index in [9.17, 15) is 1.37 Å². The van der Waals surface area contributed by atoms with Crippen LogP contribution in [0.4, 0.5) is 0 Å². The maximum atomic E-state index is 9.91. The summed E-state index contributed by atoms with van der Waals surface area (Å²) in [6, 6.07) is 77.7. The molecule has 0 N–H and O–H groups in total. The van der Waals surface area contributed by atoms with E-state index in [1.54, 1.807) is 11.3 Å². The van der Waals surface area contributed by atoms with E-state index in [2.05, 4.69) is 200 Å². The van der Waals surface area contributed by atoms with Crippen LogP contribution in [0.25, 0.3) is 143 Å². The second-order valence-corrected chi connectivity index (χ2v) is 19.7. The first kappa shape index (κ1) is 39.5. The number of hydrogen-bond donors (Lipinski definition) is 0. The standard InChI is InChI=1S/C67H44N2S/c1-40(2)64-44(23-11-24-45(64)42-30-34-56-58-27-13-35-68-65(58)57-22-10-9-18-50(57)49-17-5-8-21-53(49)63(56)38-42)41-29-32-54-55-33-31-43(46-25-12-26-59-60-28-14-36-69-67(60)70-66(46)59)39-62(55)52-20-7-4-16-48(52)47-15-3-6-19-51(47)61(54)37-41/h3-40H,1-2H3/i40D. The minimum atomic E-state index is -0.943. The zero-order valence-corrected chi connectivity index (χ0v) is 39.5. The molecule has 0 fully saturated rings. The average Bonchev–Trinajstić information content (AvgIpc) is 3.81. The smallest absolute Gasteiger partial charge is 0.124 e. The highest BCUT2D eigenvalue weighted by atomic mass is 32.1. The van der Waals surface area contributed by atoms with Crippen molar-refractivity contribution in [1.82, 2.24) is 9.97 Å². The molecule has 0 atom stereocenters. The maximum absolute atomic E-state index is 9.91. The second-order valence-electron chi connectivity index (χ2n) is 18.7. The lowest BCUT2D eigenvalue weighted by Crippen LogP contribution is -2.01. The molecule has 3 aromatic heterocycles. The van der Waals surface area contributed by atoms with Crippen molar-refractivity contribution < 1.29 is 1.37 Å². The van der Waals surface area contributed by atoms with Gasteiger partial charge in [0, 0.05) is 40.4 Å². The predicted molar refractivity (Wildman–Crippen MR) is 296 cm³/mol. The summed E-state index contributed by atoms with van der Waals surface area (Å²) >= 11 is 1.77. The van der Waals surface area contributed by atoms with Crippen LogP contribution >= 0.6 is 11.3 Å². The van der Waals surface area contributed by atoms with Crippen LogP contribution in [0.3, 0.4) is 0 Å². The number of aromatic nitrogens is 2. The van der Waals surface area contributed by atoms with Gasteiger partial charge in [-0.1, -0.05) is 190 Å². The van der Waals surface area contributed by atoms with E-state index in [0.717, 1.165) is 60.6 Å². The highest BCUT2D eigenvalue weighted by Crippen LogP contribution is 2.52. The molecular weight excluding hydrogens is 865 g/mol. The van der Waals surface area contributed by atoms with Crippen molar-refractivity contribution in [2.45, 2.75) is 19.7 Å². The number of thiophene rings is 1. The van der Waals surface area contributed by atoms with E-state index in [-0.39, 0.29) is 0 Å². The Balaban J connectivity index is 0.960. The SMILES string of the molecule is [2H]C(C)(C)c1c(-c2ccc3c(c2)-c2ccccc2-c2ccccc2-c2cc(-c4cccc5c4sc4ncccc45)ccc2-3)cccc1-c1ccc2c(c1)-c1ccccc1-c1ccccc1-c1ncccc1-2. The third-order valence-corrected chi connectivity index (χ3v) is 15.8. The summed E-state index contributed by atoms with van der Waals surface area (Å²) in [5, 5.41) is 2.44. The van der Waals surface area contributed by atoms with Crippen LogP contribution in [-0.4, -0.2) is 9.97 Å². The van der Waals surface area contributed by atoms with Gasteiger partial charge in [0.1, 0.15) is 4.83 Å². The molecule has 3 heterocycles. The third kappa shape index (κ3) is 6.25. The number of fused-ring (bicyclic) bond motifs is 19. The molecule has 0 saturated heterocycles. The molecule has 12 aromatic rings. The van der Waals surface area contributed by atoms with Crippen LogP contribution in [0, 0.1) is 0 Å². The van der Waals surface area contributed by atoms with Gasteiger partial charge in [0.05, 0.1) is 5.69 Å². The number of nitrogens with zero attached hydrogens (tertiary/aromatic N) is 2. The topological polar surface area (TPSA) is 25.8 Å². The summed E-state index contributed by atoms with van der Waals surface area (Å²) in [6.45, 7) is 4.06. The lowest BCUT2D eigenvalue weighted by molar-refractivity contribution is 0.871. The first-order chi connectivity index (χ1) is 34.9. The van der Waals surface area contributed by atoms with Gasteiger partial charge in [-0.05, 0) is 154 Å². The molecule has 0 aliphatic heterocycles. The van der Waals surface area contributed by atoms with Crippen molar-refractivity contribution in [3.8, 4) is 123 Å². The molecule has 2 aliphatic carbocycles. The zero-order chi connectivity index (χ0) is 47.4. The number of rotatable bonds is 4. The van der Waals surface area contributed by atoms with Crippen molar-refractivity contribution in [2.24, 2.45) is 0 Å². The first-order valence-corrected chi connectivity index (χ1v) is 24.9. The Hall–Kier alpha value is -8.50. The fraction of sp³-hybridized carbons (Fsp3) is 0.0448. The van der Waals surface area contributed by atoms with E-state index in [4.69, 9.17) is 9.97 Å². The molecule has 0 radical (unpaired) electrons. The first-order valence-electron chi connectivity index (χ1n) is 24.5. The molecule has 328 valence electrons. The summed E-state index contributed by atoms with van der Waals surface area (Å²) in [6.07, 6.45) is 3.79. The molecule has 0 spiro atoms. The molecule has 0 amide bonds. The van der Waals surface area contributed by atoms with Gasteiger partial charge in [0.25, 0.3) is 0 Å². The molecule has 14 rings (SSSR count). The quantitative estimate of drug-likeness (QED) is 0.176. The summed E-state index contributed by atoms with van der Waals surface area (Å²) in [5.74, 6) is -0.943. The van der Waals surface area contributed by atoms with E-state index in [1.807, 2.05) is 38.4 Å². The van der Waals surface area contributed by atoms with Crippen LogP contribution < -0.4 is 0 Å². The second kappa shape index (κ2) is 16.1. The van der Waals surface area contributed by atoms with Crippen LogP contribution in [0.15, 0.2) is 225 Å². The van der Waals surface area contributed by atoms with Gasteiger partial charge >= 0.3 is 0 Å². The van der Waals surface area contributed by atoms with Crippen LogP contribution in [-0.2, 0) is 0 Å². The van der Waals surface area contributed by atoms with Crippen molar-refractivity contribution in [1.29, 1.82) is 0 Å². The molecule has 70 heavy (non-hydrogen) atoms. The lowest BCUT2D eigenvalue weighted by atomic mass is 9.78. The minimum absolute atomic E-state index is 0.943. The van der Waals surface area contributed by atoms with Gasteiger partial charge in [-0.15, -0.1) is 11.3 Å². The largest absolute Gasteiger partial charge is 0.256 e. The van der Waals surface area contributed by atoms with Gasteiger partial charge in [-0.25, -0.2) is 4.98 Å². The zero-order valence-electron chi connectivity index (χ0n) is 39.7. The van der Waals surface area contributed by atoms with Crippen molar-refractivity contribution in [3.63, 3.8) is 0 Å². The molecule has 0 saturated carbocycles. The van der Waals surface area contributed by atoms with Crippen LogP contribution in [0.2, 0.25) is 0 Å². The van der Waals surface area contributed by atoms with Gasteiger partial charge in [-0.3, -0.25) is 4.98 Å². The van der Waals surface area contributed by atoms with Gasteiger partial charge in [-0.2, -0.15) is 0 Å². The summed E-state index contributed by atoms with van der Waals surface area (Å²) in [7, 11) is 0. The molecule has 2 aliphatic rings. The fourth-order valence-corrected chi connectivity index (χ4v) is 12.7. The molecular formula is C67H44N2S. The number of hydrogen-bond acceptors (Lipinski definition) is 3. The Kier molecular flexibility index (Phi) is 9.06. The van der Waals surface area contributed by atoms with Crippen molar-refractivity contribution in [3.05, 3.63) is 230 Å². The highest BCUT2D eigenvalue weighted by molar-refractivity contribution is 7.26. The summed E-state index contributed by atoms with van der Waals surface area (Å²) in [5.41, 5.74) is 26.3. The van der Waals surface area contributed by atoms with E-state index in [0.29, 0.717) is 0 Å². The maximum Gasteiger partial charge on any atom is 0.124 e. The highest BCUT2D eigenvalue weighted by Gasteiger charge is 2.27. The normalized spacial score (nSPS) is 12.3. The number of pyridine rings is 2. The molecule has 0 unspecified atom stereocenters. The Morgan fingerprint density at radius 2 is 0.700 bits per heavy atom. The van der Waals surface area contributed by atoms with Crippen LogP contribution in [0.1, 0.15) is 26.7 Å². The van der Waals surface area contributed by atoms with Crippen molar-refractivity contribution in [2.75, 3.05) is 0 Å². The lowest BCUT2D eigenvalue weighted by Gasteiger charge is -2.25. The minimum Gasteiger partial charge on any atom is -0.256 e. The molecule has 2 nitrogen and oxygen atoms in total. The Labute approximate surface area is 413 Å². The van der Waals surface area contributed by atoms with Gasteiger partial charge in [0.15, 0.2) is 0 Å². The van der Waals surface area contributed by atoms with E-state index in [1.165, 1.54) is 87.8 Å². The molecule has 9 aromatic carbocycles. The van der Waals surface area contributed by atoms with E-state index < -0.39 is 5.89 Å². The monoisotopic (exact) mass is 909 g/mol. The predicted octanol–water partition coefficient (Wildman–Crippen LogP) is 18.9. The summed E-state index contributed by atoms with van der Waals surface area (Å²) in [4.78, 5) is 10.8.